The number of fused-ring (bicyclic) bond motifs is 3. The van der Waals surface area contributed by atoms with Gasteiger partial charge in [0.2, 0.25) is 0 Å². The quantitative estimate of drug-likeness (QED) is 0.442. The van der Waals surface area contributed by atoms with Crippen LogP contribution in [0.5, 0.6) is 0 Å². The maximum absolute atomic E-state index is 2.24. The minimum Gasteiger partial charge on any atom is -1.00 e. The zero-order valence-electron chi connectivity index (χ0n) is 14.7. The van der Waals surface area contributed by atoms with Gasteiger partial charge >= 0.3 is 26.2 Å². The predicted octanol–water partition coefficient (Wildman–Crippen LogP) is 0.556. The van der Waals surface area contributed by atoms with Crippen LogP contribution in [0.25, 0.3) is 21.5 Å². The molecule has 0 saturated heterocycles. The first-order chi connectivity index (χ1) is 10.6. The Balaban J connectivity index is 0.000000435. The first kappa shape index (κ1) is 24.0. The maximum Gasteiger partial charge on any atom is 3.00 e. The molecule has 0 amide bonds. The van der Waals surface area contributed by atoms with E-state index in [2.05, 4.69) is 93.6 Å². The van der Waals surface area contributed by atoms with Gasteiger partial charge < -0.3 is 24.8 Å². The number of benzene rings is 2. The third-order valence-corrected chi connectivity index (χ3v) is 4.01. The molecule has 4 rings (SSSR count). The Morgan fingerprint density at radius 1 is 0.760 bits per heavy atom. The molecule has 0 saturated carbocycles. The standard InChI is InChI=1S/C13H9.C9H12.2ClH.Zr/c1-3-7-12-10(5-1)9-11-6-2-4-8-13(11)12;1-7(2)9-5-4-8(3)6-9;;;/h1-9H;4-6H,1-3H3;2*1H;/q-1;;;;+3/p-2. The monoisotopic (exact) mass is 445 g/mol. The van der Waals surface area contributed by atoms with Crippen molar-refractivity contribution in [3.8, 4) is 0 Å². The average molecular weight is 448 g/mol. The van der Waals surface area contributed by atoms with Crippen molar-refractivity contribution in [2.45, 2.75) is 20.8 Å². The summed E-state index contributed by atoms with van der Waals surface area (Å²) in [6, 6.07) is 19.3. The second-order valence-electron chi connectivity index (χ2n) is 6.00. The topological polar surface area (TPSA) is 0 Å². The summed E-state index contributed by atoms with van der Waals surface area (Å²) in [5.74, 6) is 0. The summed E-state index contributed by atoms with van der Waals surface area (Å²) in [4.78, 5) is 0. The van der Waals surface area contributed by atoms with Crippen molar-refractivity contribution >= 4 is 21.5 Å². The van der Waals surface area contributed by atoms with Crippen LogP contribution in [0.15, 0.2) is 89.5 Å². The Morgan fingerprint density at radius 3 is 1.60 bits per heavy atom. The predicted molar refractivity (Wildman–Crippen MR) is 98.3 cm³/mol. The third kappa shape index (κ3) is 5.75. The Kier molecular flexibility index (Phi) is 10.4. The maximum atomic E-state index is 2.24. The van der Waals surface area contributed by atoms with Gasteiger partial charge in [0.05, 0.1) is 0 Å². The van der Waals surface area contributed by atoms with Crippen LogP contribution < -0.4 is 24.8 Å². The second kappa shape index (κ2) is 10.9. The molecular weight excluding hydrogens is 426 g/mol. The summed E-state index contributed by atoms with van der Waals surface area (Å²) < 4.78 is 0. The van der Waals surface area contributed by atoms with E-state index in [0.717, 1.165) is 0 Å². The first-order valence-electron chi connectivity index (χ1n) is 7.72. The van der Waals surface area contributed by atoms with Gasteiger partial charge in [0, 0.05) is 0 Å². The normalized spacial score (nSPS) is 11.6. The molecule has 3 aromatic rings. The number of hydrogen-bond donors (Lipinski definition) is 0. The SMILES string of the molecule is CC1=CC(=C(C)C)C=C1.[Cl-].[Cl-].[Zr+3].c1ccc2c(c1)[cH-]c1ccccc12. The molecule has 3 aromatic carbocycles. The van der Waals surface area contributed by atoms with Gasteiger partial charge in [-0.1, -0.05) is 65.8 Å². The molecule has 0 bridgehead atoms. The molecule has 1 aliphatic rings. The van der Waals surface area contributed by atoms with E-state index in [1.165, 1.54) is 38.3 Å². The van der Waals surface area contributed by atoms with E-state index in [-0.39, 0.29) is 51.0 Å². The largest absolute Gasteiger partial charge is 3.00 e. The molecule has 0 aliphatic heterocycles. The Hall–Kier alpha value is -1.01. The Morgan fingerprint density at radius 2 is 1.24 bits per heavy atom. The van der Waals surface area contributed by atoms with Gasteiger partial charge in [-0.2, -0.15) is 0 Å². The third-order valence-electron chi connectivity index (χ3n) is 4.01. The van der Waals surface area contributed by atoms with Crippen molar-refractivity contribution in [1.82, 2.24) is 0 Å². The van der Waals surface area contributed by atoms with Crippen molar-refractivity contribution < 1.29 is 51.0 Å². The van der Waals surface area contributed by atoms with Crippen molar-refractivity contribution in [1.29, 1.82) is 0 Å². The Bertz CT molecular complexity index is 860. The van der Waals surface area contributed by atoms with Crippen LogP contribution in [-0.4, -0.2) is 0 Å². The van der Waals surface area contributed by atoms with Crippen molar-refractivity contribution in [2.24, 2.45) is 0 Å². The van der Waals surface area contributed by atoms with E-state index >= 15 is 0 Å². The van der Waals surface area contributed by atoms with Gasteiger partial charge in [-0.3, -0.25) is 0 Å². The molecule has 0 N–H and O–H groups in total. The number of rotatable bonds is 0. The molecule has 0 spiro atoms. The van der Waals surface area contributed by atoms with E-state index in [1.54, 1.807) is 0 Å². The van der Waals surface area contributed by atoms with E-state index in [4.69, 9.17) is 0 Å². The van der Waals surface area contributed by atoms with Gasteiger partial charge in [0.15, 0.2) is 0 Å². The van der Waals surface area contributed by atoms with Gasteiger partial charge in [-0.05, 0) is 26.3 Å². The molecule has 127 valence electrons. The summed E-state index contributed by atoms with van der Waals surface area (Å²) >= 11 is 0. The first-order valence-corrected chi connectivity index (χ1v) is 7.72. The average Bonchev–Trinajstić information content (AvgIpc) is 3.11. The molecule has 1 aliphatic carbocycles. The molecule has 25 heavy (non-hydrogen) atoms. The molecule has 0 heterocycles. The summed E-state index contributed by atoms with van der Waals surface area (Å²) in [6.07, 6.45) is 6.50. The zero-order chi connectivity index (χ0) is 15.5. The molecule has 0 fully saturated rings. The summed E-state index contributed by atoms with van der Waals surface area (Å²) in [5.41, 5.74) is 4.11. The van der Waals surface area contributed by atoms with Crippen molar-refractivity contribution in [2.75, 3.05) is 0 Å². The van der Waals surface area contributed by atoms with Crippen molar-refractivity contribution in [3.05, 3.63) is 89.5 Å². The van der Waals surface area contributed by atoms with Gasteiger partial charge in [0.25, 0.3) is 0 Å². The van der Waals surface area contributed by atoms with Crippen LogP contribution in [0, 0.1) is 0 Å². The van der Waals surface area contributed by atoms with Gasteiger partial charge in [-0.15, -0.1) is 39.7 Å². The summed E-state index contributed by atoms with van der Waals surface area (Å²) in [7, 11) is 0. The van der Waals surface area contributed by atoms with Gasteiger partial charge in [-0.25, -0.2) is 0 Å². The fourth-order valence-electron chi connectivity index (χ4n) is 2.78. The molecule has 3 heteroatoms. The van der Waals surface area contributed by atoms with E-state index in [0.29, 0.717) is 0 Å². The molecule has 0 aromatic heterocycles. The number of hydrogen-bond acceptors (Lipinski definition) is 0. The zero-order valence-corrected chi connectivity index (χ0v) is 18.7. The van der Waals surface area contributed by atoms with Crippen LogP contribution in [0.2, 0.25) is 0 Å². The fourth-order valence-corrected chi connectivity index (χ4v) is 2.78. The van der Waals surface area contributed by atoms with Crippen LogP contribution in [0.1, 0.15) is 20.8 Å². The second-order valence-corrected chi connectivity index (χ2v) is 6.00. The molecule has 0 atom stereocenters. The van der Waals surface area contributed by atoms with Crippen LogP contribution in [0.4, 0.5) is 0 Å². The summed E-state index contributed by atoms with van der Waals surface area (Å²) in [6.45, 7) is 6.38. The van der Waals surface area contributed by atoms with Gasteiger partial charge in [0.1, 0.15) is 0 Å². The minimum atomic E-state index is 0. The van der Waals surface area contributed by atoms with Crippen LogP contribution in [-0.2, 0) is 26.2 Å². The van der Waals surface area contributed by atoms with Crippen molar-refractivity contribution in [3.63, 3.8) is 0 Å². The fraction of sp³-hybridized carbons (Fsp3) is 0.136. The summed E-state index contributed by atoms with van der Waals surface area (Å²) in [5, 5.41) is 5.39. The number of halogens is 2. The Labute approximate surface area is 182 Å². The molecule has 0 unspecified atom stereocenters. The molecule has 1 radical (unpaired) electrons. The molecule has 0 nitrogen and oxygen atoms in total. The molecular formula is C22H21Cl2Zr. The van der Waals surface area contributed by atoms with E-state index in [9.17, 15) is 0 Å². The smallest absolute Gasteiger partial charge is 1.00 e. The van der Waals surface area contributed by atoms with E-state index in [1.807, 2.05) is 0 Å². The van der Waals surface area contributed by atoms with Crippen LogP contribution >= 0.6 is 0 Å². The van der Waals surface area contributed by atoms with Crippen LogP contribution in [0.3, 0.4) is 0 Å². The minimum absolute atomic E-state index is 0. The number of allylic oxidation sites excluding steroid dienone is 6. The van der Waals surface area contributed by atoms with E-state index < -0.39 is 0 Å².